The van der Waals surface area contributed by atoms with Crippen molar-refractivity contribution < 1.29 is 15.0 Å². The number of Topliss-reactive ketones (excluding diaryl/α,β-unsaturated/α-hetero) is 1. The van der Waals surface area contributed by atoms with E-state index < -0.39 is 6.10 Å². The van der Waals surface area contributed by atoms with Gasteiger partial charge in [-0.15, -0.1) is 0 Å². The van der Waals surface area contributed by atoms with E-state index in [0.717, 1.165) is 23.1 Å². The zero-order chi connectivity index (χ0) is 32.4. The molecule has 0 saturated carbocycles. The van der Waals surface area contributed by atoms with Crippen molar-refractivity contribution in [1.29, 1.82) is 0 Å². The van der Waals surface area contributed by atoms with Crippen molar-refractivity contribution in [3.8, 4) is 0 Å². The molecule has 0 fully saturated rings. The molecule has 0 heterocycles. The van der Waals surface area contributed by atoms with Gasteiger partial charge in [0.25, 0.3) is 0 Å². The van der Waals surface area contributed by atoms with Crippen molar-refractivity contribution >= 4 is 5.78 Å². The molecule has 0 aliphatic heterocycles. The monoisotopic (exact) mass is 582 g/mol. The van der Waals surface area contributed by atoms with Crippen LogP contribution in [0.5, 0.6) is 0 Å². The number of carbonyl (C=O) groups excluding carboxylic acids is 1. The second-order valence-corrected chi connectivity index (χ2v) is 13.6. The Morgan fingerprint density at radius 3 is 1.77 bits per heavy atom. The molecule has 3 heteroatoms. The molecule has 0 aromatic rings. The molecule has 2 N–H and O–H groups in total. The van der Waals surface area contributed by atoms with Crippen molar-refractivity contribution in [2.75, 3.05) is 0 Å². The Labute approximate surface area is 261 Å². The van der Waals surface area contributed by atoms with Gasteiger partial charge in [0.2, 0.25) is 0 Å². The molecule has 0 aromatic heterocycles. The Balaban J connectivity index is 1.92. The standard InChI is InChI=1S/C40H54O3/c1-28(17-13-19-30(3)21-23-35-32(5)25-34(41)26-39(35,7)8)15-11-12-16-29(2)18-14-20-31(4)22-24-36-33(6)38(43)37(42)27-40(36,9)10/h11-25,34-35,37,41-42H,26-27H2,1-10H3/b12-11+,17-13+,18-14+,23-21+,24-22+,28-15+,29-16+,30-19+,31-20+/t34-,35-,37-/m0/s1. The van der Waals surface area contributed by atoms with Crippen LogP contribution < -0.4 is 0 Å². The summed E-state index contributed by atoms with van der Waals surface area (Å²) < 4.78 is 0. The van der Waals surface area contributed by atoms with Gasteiger partial charge in [0.15, 0.2) is 5.78 Å². The molecule has 0 spiro atoms. The Kier molecular flexibility index (Phi) is 13.4. The highest BCUT2D eigenvalue weighted by molar-refractivity contribution is 6.00. The predicted molar refractivity (Wildman–Crippen MR) is 184 cm³/mol. The van der Waals surface area contributed by atoms with Gasteiger partial charge in [-0.3, -0.25) is 4.79 Å². The van der Waals surface area contributed by atoms with E-state index in [1.54, 1.807) is 0 Å². The molecule has 2 aliphatic carbocycles. The second kappa shape index (κ2) is 16.0. The number of hydrogen-bond donors (Lipinski definition) is 2. The fraction of sp³-hybridized carbons (Fsp3) is 0.425. The average molecular weight is 583 g/mol. The summed E-state index contributed by atoms with van der Waals surface area (Å²) >= 11 is 0. The molecular weight excluding hydrogens is 528 g/mol. The van der Waals surface area contributed by atoms with E-state index in [1.165, 1.54) is 16.7 Å². The van der Waals surface area contributed by atoms with Crippen molar-refractivity contribution in [3.63, 3.8) is 0 Å². The van der Waals surface area contributed by atoms with Crippen LogP contribution in [0.3, 0.4) is 0 Å². The van der Waals surface area contributed by atoms with Gasteiger partial charge in [0, 0.05) is 5.92 Å². The molecule has 0 aromatic carbocycles. The lowest BCUT2D eigenvalue weighted by atomic mass is 9.67. The molecule has 3 nitrogen and oxygen atoms in total. The van der Waals surface area contributed by atoms with Crippen LogP contribution in [0.15, 0.2) is 130 Å². The number of carbonyl (C=O) groups is 1. The summed E-state index contributed by atoms with van der Waals surface area (Å²) in [4.78, 5) is 12.2. The first kappa shape index (κ1) is 35.9. The first-order valence-corrected chi connectivity index (χ1v) is 15.4. The molecule has 2 rings (SSSR count). The fourth-order valence-corrected chi connectivity index (χ4v) is 5.89. The smallest absolute Gasteiger partial charge is 0.187 e. The number of aliphatic hydroxyl groups is 2. The second-order valence-electron chi connectivity index (χ2n) is 13.6. The number of aliphatic hydroxyl groups excluding tert-OH is 2. The quantitative estimate of drug-likeness (QED) is 0.199. The lowest BCUT2D eigenvalue weighted by Gasteiger charge is -2.38. The summed E-state index contributed by atoms with van der Waals surface area (Å²) in [5.74, 6) is 0.171. The Morgan fingerprint density at radius 1 is 0.744 bits per heavy atom. The molecule has 232 valence electrons. The van der Waals surface area contributed by atoms with Gasteiger partial charge in [0.1, 0.15) is 6.10 Å². The molecule has 0 bridgehead atoms. The third-order valence-electron chi connectivity index (χ3n) is 8.36. The molecule has 43 heavy (non-hydrogen) atoms. The maximum Gasteiger partial charge on any atom is 0.187 e. The van der Waals surface area contributed by atoms with Gasteiger partial charge in [-0.05, 0) is 76.4 Å². The highest BCUT2D eigenvalue weighted by Gasteiger charge is 2.36. The molecule has 0 unspecified atom stereocenters. The highest BCUT2D eigenvalue weighted by Crippen LogP contribution is 2.42. The summed E-state index contributed by atoms with van der Waals surface area (Å²) in [6.07, 6.45) is 31.2. The molecule has 0 amide bonds. The van der Waals surface area contributed by atoms with Gasteiger partial charge >= 0.3 is 0 Å². The van der Waals surface area contributed by atoms with Crippen LogP contribution in [-0.2, 0) is 4.79 Å². The molecule has 0 radical (unpaired) electrons. The topological polar surface area (TPSA) is 57.5 Å². The van der Waals surface area contributed by atoms with Crippen LogP contribution in [-0.4, -0.2) is 28.2 Å². The Bertz CT molecular complexity index is 1360. The minimum Gasteiger partial charge on any atom is -0.389 e. The van der Waals surface area contributed by atoms with Crippen LogP contribution in [0, 0.1) is 16.7 Å². The van der Waals surface area contributed by atoms with Crippen molar-refractivity contribution in [3.05, 3.63) is 130 Å². The van der Waals surface area contributed by atoms with E-state index in [1.807, 2.05) is 50.3 Å². The van der Waals surface area contributed by atoms with E-state index in [2.05, 4.69) is 110 Å². The third-order valence-corrected chi connectivity index (χ3v) is 8.36. The maximum absolute atomic E-state index is 12.2. The first-order valence-electron chi connectivity index (χ1n) is 15.4. The summed E-state index contributed by atoms with van der Waals surface area (Å²) in [6, 6.07) is 0. The molecule has 0 saturated heterocycles. The van der Waals surface area contributed by atoms with E-state index in [0.29, 0.717) is 17.9 Å². The summed E-state index contributed by atoms with van der Waals surface area (Å²) in [6.45, 7) is 20.8. The zero-order valence-corrected chi connectivity index (χ0v) is 28.1. The van der Waals surface area contributed by atoms with Crippen molar-refractivity contribution in [2.45, 2.75) is 94.3 Å². The number of allylic oxidation sites excluding steroid dienone is 20. The third kappa shape index (κ3) is 11.4. The summed E-state index contributed by atoms with van der Waals surface area (Å²) in [5.41, 5.74) is 7.29. The number of hydrogen-bond acceptors (Lipinski definition) is 3. The normalized spacial score (nSPS) is 26.3. The van der Waals surface area contributed by atoms with Crippen LogP contribution >= 0.6 is 0 Å². The van der Waals surface area contributed by atoms with Gasteiger partial charge in [-0.2, -0.15) is 0 Å². The van der Waals surface area contributed by atoms with Crippen LogP contribution in [0.2, 0.25) is 0 Å². The summed E-state index contributed by atoms with van der Waals surface area (Å²) in [7, 11) is 0. The molecule has 3 atom stereocenters. The lowest BCUT2D eigenvalue weighted by molar-refractivity contribution is -0.125. The van der Waals surface area contributed by atoms with E-state index in [4.69, 9.17) is 0 Å². The van der Waals surface area contributed by atoms with Crippen molar-refractivity contribution in [2.24, 2.45) is 16.7 Å². The average Bonchev–Trinajstić information content (AvgIpc) is 2.88. The van der Waals surface area contributed by atoms with Gasteiger partial charge in [-0.1, -0.05) is 147 Å². The minimum atomic E-state index is -0.898. The summed E-state index contributed by atoms with van der Waals surface area (Å²) in [5, 5.41) is 20.1. The van der Waals surface area contributed by atoms with Gasteiger partial charge in [0.05, 0.1) is 6.10 Å². The maximum atomic E-state index is 12.2. The Hall–Kier alpha value is -3.27. The zero-order valence-electron chi connectivity index (χ0n) is 28.1. The SMILES string of the molecule is CC1=C[C@H](O)CC(C)(C)[C@H]1/C=C/C(C)=C/C=C/C(C)=C/C=C/C=C(C)/C=C/C=C(C)/C=C/C1=C(C)C(=O)[C@@H](O)CC1(C)C. The number of ketones is 1. The largest absolute Gasteiger partial charge is 0.389 e. The van der Waals surface area contributed by atoms with Gasteiger partial charge in [-0.25, -0.2) is 0 Å². The molecular formula is C40H54O3. The Morgan fingerprint density at radius 2 is 1.23 bits per heavy atom. The van der Waals surface area contributed by atoms with E-state index in [9.17, 15) is 15.0 Å². The number of rotatable bonds is 10. The van der Waals surface area contributed by atoms with E-state index >= 15 is 0 Å². The fourth-order valence-electron chi connectivity index (χ4n) is 5.89. The highest BCUT2D eigenvalue weighted by atomic mass is 16.3. The van der Waals surface area contributed by atoms with Crippen LogP contribution in [0.4, 0.5) is 0 Å². The predicted octanol–water partition coefficient (Wildman–Crippen LogP) is 9.58. The first-order chi connectivity index (χ1) is 20.0. The molecule has 2 aliphatic rings. The van der Waals surface area contributed by atoms with Crippen molar-refractivity contribution in [1.82, 2.24) is 0 Å². The van der Waals surface area contributed by atoms with Crippen LogP contribution in [0.1, 0.15) is 82.1 Å². The van der Waals surface area contributed by atoms with E-state index in [-0.39, 0.29) is 22.7 Å². The van der Waals surface area contributed by atoms with Crippen LogP contribution in [0.25, 0.3) is 0 Å². The van der Waals surface area contributed by atoms with Gasteiger partial charge < -0.3 is 10.2 Å². The lowest BCUT2D eigenvalue weighted by Crippen LogP contribution is -2.35. The minimum absolute atomic E-state index is 0.0473.